The minimum atomic E-state index is -0.173. The molecule has 184 valence electrons. The van der Waals surface area contributed by atoms with Crippen LogP contribution in [-0.2, 0) is 25.9 Å². The Morgan fingerprint density at radius 2 is 1.03 bits per heavy atom. The van der Waals surface area contributed by atoms with Gasteiger partial charge in [0.05, 0.1) is 0 Å². The summed E-state index contributed by atoms with van der Waals surface area (Å²) in [6.45, 7) is 0. The van der Waals surface area contributed by atoms with E-state index in [0.29, 0.717) is 23.7 Å². The van der Waals surface area contributed by atoms with Crippen LogP contribution in [0.1, 0.15) is 36.0 Å². The molecular weight excluding hydrogens is 539 g/mol. The SMILES string of the molecule is [Cl-].[Cl-].[Cl-].[Ti+3][CH]1CCCC2C3C=CC=CC3C(C(c3ccccc3)(c3ccccc3)c3ccccc3)C12. The molecule has 3 aromatic rings. The van der Waals surface area contributed by atoms with Crippen LogP contribution in [0.4, 0.5) is 0 Å². The molecule has 2 fully saturated rings. The first-order valence-electron chi connectivity index (χ1n) is 12.5. The third kappa shape index (κ3) is 4.70. The molecule has 36 heavy (non-hydrogen) atoms. The molecule has 0 heterocycles. The summed E-state index contributed by atoms with van der Waals surface area (Å²) in [7, 11) is 0. The van der Waals surface area contributed by atoms with E-state index in [-0.39, 0.29) is 42.6 Å². The van der Waals surface area contributed by atoms with Crippen molar-refractivity contribution in [3.8, 4) is 0 Å². The monoisotopic (exact) mass is 568 g/mol. The number of allylic oxidation sites excluding steroid dienone is 4. The predicted octanol–water partition coefficient (Wildman–Crippen LogP) is -1.23. The second kappa shape index (κ2) is 12.5. The maximum atomic E-state index is 2.56. The quantitative estimate of drug-likeness (QED) is 0.273. The van der Waals surface area contributed by atoms with Gasteiger partial charge in [0, 0.05) is 0 Å². The van der Waals surface area contributed by atoms with Gasteiger partial charge in [0.25, 0.3) is 0 Å². The molecule has 6 rings (SSSR count). The third-order valence-corrected chi connectivity index (χ3v) is 9.80. The van der Waals surface area contributed by atoms with Crippen molar-refractivity contribution in [2.75, 3.05) is 0 Å². The fraction of sp³-hybridized carbons (Fsp3) is 0.312. The fourth-order valence-corrected chi connectivity index (χ4v) is 8.69. The summed E-state index contributed by atoms with van der Waals surface area (Å²) in [5.74, 6) is 3.23. The van der Waals surface area contributed by atoms with Crippen molar-refractivity contribution >= 4 is 0 Å². The number of benzene rings is 3. The van der Waals surface area contributed by atoms with Crippen molar-refractivity contribution in [1.29, 1.82) is 0 Å². The van der Waals surface area contributed by atoms with E-state index >= 15 is 0 Å². The van der Waals surface area contributed by atoms with Gasteiger partial charge in [-0.05, 0) is 0 Å². The summed E-state index contributed by atoms with van der Waals surface area (Å²) >= 11 is 2.54. The Kier molecular flexibility index (Phi) is 10.2. The normalized spacial score (nSPS) is 28.1. The molecular formula is C32H31Cl3Ti. The molecule has 0 bridgehead atoms. The Hall–Kier alpha value is -1.28. The van der Waals surface area contributed by atoms with Crippen LogP contribution in [0.15, 0.2) is 115 Å². The standard InChI is InChI=1S/C32H31.3ClH.Ti/c1-4-14-24(15-5-1)32(25-16-6-2-7-17-25,26-18-8-3-9-19-26)31-29-22-12-10-20-27(29)28-21-11-13-23-30(28)31;;;;/h1-10,12,14-20,22-23,27-31H,11,13,21H2;3*1H;/q;;;;+3/p-3. The molecule has 0 N–H and O–H groups in total. The van der Waals surface area contributed by atoms with Gasteiger partial charge in [-0.1, -0.05) is 0 Å². The summed E-state index contributed by atoms with van der Waals surface area (Å²) < 4.78 is 0.747. The summed E-state index contributed by atoms with van der Waals surface area (Å²) in [5, 5.41) is 0. The summed E-state index contributed by atoms with van der Waals surface area (Å²) in [6.07, 6.45) is 13.9. The molecule has 0 radical (unpaired) electrons. The van der Waals surface area contributed by atoms with Crippen molar-refractivity contribution in [2.24, 2.45) is 29.6 Å². The van der Waals surface area contributed by atoms with Gasteiger partial charge < -0.3 is 37.2 Å². The maximum absolute atomic E-state index is 2.56. The van der Waals surface area contributed by atoms with Gasteiger partial charge in [-0.3, -0.25) is 0 Å². The van der Waals surface area contributed by atoms with Gasteiger partial charge in [-0.2, -0.15) is 0 Å². The second-order valence-corrected chi connectivity index (χ2v) is 11.3. The number of fused-ring (bicyclic) bond motifs is 3. The molecule has 3 aliphatic rings. The molecule has 0 amide bonds. The van der Waals surface area contributed by atoms with E-state index in [9.17, 15) is 0 Å². The van der Waals surface area contributed by atoms with E-state index in [2.05, 4.69) is 136 Å². The van der Waals surface area contributed by atoms with Crippen LogP contribution < -0.4 is 37.2 Å². The zero-order valence-corrected chi connectivity index (χ0v) is 24.0. The average molecular weight is 570 g/mol. The van der Waals surface area contributed by atoms with Crippen molar-refractivity contribution in [3.63, 3.8) is 0 Å². The summed E-state index contributed by atoms with van der Waals surface area (Å²) in [4.78, 5) is 0. The van der Waals surface area contributed by atoms with Crippen LogP contribution in [0.5, 0.6) is 0 Å². The van der Waals surface area contributed by atoms with Gasteiger partial charge in [-0.25, -0.2) is 0 Å². The molecule has 0 aromatic heterocycles. The van der Waals surface area contributed by atoms with Crippen molar-refractivity contribution < 1.29 is 57.7 Å². The number of hydrogen-bond acceptors (Lipinski definition) is 0. The van der Waals surface area contributed by atoms with Crippen LogP contribution in [0.3, 0.4) is 0 Å². The zero-order chi connectivity index (χ0) is 22.3. The second-order valence-electron chi connectivity index (χ2n) is 10.1. The fourth-order valence-electron chi connectivity index (χ4n) is 7.67. The molecule has 2 saturated carbocycles. The van der Waals surface area contributed by atoms with Crippen molar-refractivity contribution in [3.05, 3.63) is 132 Å². The molecule has 4 heteroatoms. The first kappa shape index (κ1) is 29.3. The molecule has 0 saturated heterocycles. The summed E-state index contributed by atoms with van der Waals surface area (Å²) in [6, 6.07) is 34.2. The Labute approximate surface area is 246 Å². The van der Waals surface area contributed by atoms with Crippen LogP contribution >= 0.6 is 0 Å². The van der Waals surface area contributed by atoms with Gasteiger partial charge >= 0.3 is 211 Å². The van der Waals surface area contributed by atoms with E-state index in [1.165, 1.54) is 36.0 Å². The number of hydrogen-bond donors (Lipinski definition) is 0. The van der Waals surface area contributed by atoms with Gasteiger partial charge in [0.1, 0.15) is 0 Å². The van der Waals surface area contributed by atoms with Gasteiger partial charge in [0.15, 0.2) is 0 Å². The Morgan fingerprint density at radius 3 is 1.50 bits per heavy atom. The molecule has 0 spiro atoms. The molecule has 0 nitrogen and oxygen atoms in total. The van der Waals surface area contributed by atoms with Crippen LogP contribution in [0.25, 0.3) is 0 Å². The topological polar surface area (TPSA) is 0 Å². The zero-order valence-electron chi connectivity index (χ0n) is 20.2. The van der Waals surface area contributed by atoms with Crippen LogP contribution in [0.2, 0.25) is 4.22 Å². The molecule has 3 aromatic carbocycles. The Morgan fingerprint density at radius 1 is 0.583 bits per heavy atom. The van der Waals surface area contributed by atoms with E-state index in [1.807, 2.05) is 0 Å². The first-order valence-corrected chi connectivity index (χ1v) is 13.4. The van der Waals surface area contributed by atoms with Gasteiger partial charge in [0.2, 0.25) is 0 Å². The number of halogens is 3. The van der Waals surface area contributed by atoms with Crippen LogP contribution in [-0.4, -0.2) is 0 Å². The molecule has 6 unspecified atom stereocenters. The van der Waals surface area contributed by atoms with E-state index < -0.39 is 0 Å². The number of rotatable bonds is 4. The molecule has 6 atom stereocenters. The predicted molar refractivity (Wildman–Crippen MR) is 133 cm³/mol. The average Bonchev–Trinajstić information content (AvgIpc) is 3.23. The van der Waals surface area contributed by atoms with E-state index in [4.69, 9.17) is 0 Å². The molecule has 0 aliphatic heterocycles. The van der Waals surface area contributed by atoms with Gasteiger partial charge in [-0.15, -0.1) is 0 Å². The van der Waals surface area contributed by atoms with Crippen molar-refractivity contribution in [2.45, 2.75) is 28.9 Å². The summed E-state index contributed by atoms with van der Waals surface area (Å²) in [5.41, 5.74) is 4.14. The Bertz CT molecular complexity index is 1050. The molecule has 3 aliphatic carbocycles. The minimum absolute atomic E-state index is 0. The Balaban J connectivity index is 0.00000120. The van der Waals surface area contributed by atoms with E-state index in [1.54, 1.807) is 0 Å². The third-order valence-electron chi connectivity index (χ3n) is 8.74. The van der Waals surface area contributed by atoms with Crippen LogP contribution in [0, 0.1) is 29.6 Å². The van der Waals surface area contributed by atoms with Crippen molar-refractivity contribution in [1.82, 2.24) is 0 Å². The van der Waals surface area contributed by atoms with E-state index in [0.717, 1.165) is 10.1 Å². The first-order chi connectivity index (χ1) is 16.3.